The average molecular weight is 311 g/mol. The zero-order valence-corrected chi connectivity index (χ0v) is 13.2. The second-order valence-corrected chi connectivity index (χ2v) is 7.70. The molecule has 0 radical (unpaired) electrons. The number of hydrogen-bond donors (Lipinski definition) is 0. The van der Waals surface area contributed by atoms with Crippen molar-refractivity contribution in [3.05, 3.63) is 18.2 Å². The highest BCUT2D eigenvalue weighted by Crippen LogP contribution is 2.41. The first-order valence-corrected chi connectivity index (χ1v) is 8.72. The van der Waals surface area contributed by atoms with Crippen LogP contribution in [0.2, 0.25) is 0 Å². The molecule has 116 valence electrons. The van der Waals surface area contributed by atoms with Gasteiger partial charge < -0.3 is 9.47 Å². The van der Waals surface area contributed by atoms with Gasteiger partial charge in [0.2, 0.25) is 10.0 Å². The van der Waals surface area contributed by atoms with Crippen molar-refractivity contribution in [1.29, 1.82) is 0 Å². The van der Waals surface area contributed by atoms with E-state index < -0.39 is 10.0 Å². The van der Waals surface area contributed by atoms with Crippen LogP contribution in [0.1, 0.15) is 19.3 Å². The summed E-state index contributed by atoms with van der Waals surface area (Å²) in [6.45, 7) is 1.26. The van der Waals surface area contributed by atoms with Crippen molar-refractivity contribution in [2.75, 3.05) is 27.3 Å². The third kappa shape index (κ3) is 2.51. The molecule has 0 N–H and O–H groups in total. The fraction of sp³-hybridized carbons (Fsp3) is 0.600. The number of fused-ring (bicyclic) bond motifs is 1. The van der Waals surface area contributed by atoms with E-state index in [0.29, 0.717) is 36.4 Å². The molecule has 1 aliphatic carbocycles. The molecule has 0 bridgehead atoms. The maximum atomic E-state index is 12.9. The van der Waals surface area contributed by atoms with E-state index in [1.807, 2.05) is 0 Å². The van der Waals surface area contributed by atoms with Gasteiger partial charge in [-0.1, -0.05) is 6.42 Å². The molecular formula is C15H21NO4S. The Morgan fingerprint density at radius 2 is 1.76 bits per heavy atom. The SMILES string of the molecule is COc1ccc(OC)c(S(=O)(=O)N2CC3CCCC3C2)c1. The molecule has 1 aliphatic heterocycles. The highest BCUT2D eigenvalue weighted by Gasteiger charge is 2.42. The van der Waals surface area contributed by atoms with Crippen LogP contribution in [-0.2, 0) is 10.0 Å². The summed E-state index contributed by atoms with van der Waals surface area (Å²) in [4.78, 5) is 0.198. The minimum absolute atomic E-state index is 0.198. The van der Waals surface area contributed by atoms with Crippen molar-refractivity contribution in [3.8, 4) is 11.5 Å². The van der Waals surface area contributed by atoms with Crippen LogP contribution in [0.3, 0.4) is 0 Å². The summed E-state index contributed by atoms with van der Waals surface area (Å²) in [5.41, 5.74) is 0. The summed E-state index contributed by atoms with van der Waals surface area (Å²) in [7, 11) is -0.516. The Morgan fingerprint density at radius 3 is 2.33 bits per heavy atom. The molecule has 2 fully saturated rings. The van der Waals surface area contributed by atoms with Gasteiger partial charge in [0.05, 0.1) is 14.2 Å². The van der Waals surface area contributed by atoms with Gasteiger partial charge in [0.15, 0.2) is 0 Å². The first-order valence-electron chi connectivity index (χ1n) is 7.28. The highest BCUT2D eigenvalue weighted by molar-refractivity contribution is 7.89. The lowest BCUT2D eigenvalue weighted by molar-refractivity contribution is 0.386. The predicted octanol–water partition coefficient (Wildman–Crippen LogP) is 2.12. The maximum Gasteiger partial charge on any atom is 0.246 e. The molecule has 1 heterocycles. The smallest absolute Gasteiger partial charge is 0.246 e. The summed E-state index contributed by atoms with van der Waals surface area (Å²) in [6.07, 6.45) is 3.52. The fourth-order valence-corrected chi connectivity index (χ4v) is 5.24. The zero-order chi connectivity index (χ0) is 15.0. The highest BCUT2D eigenvalue weighted by atomic mass is 32.2. The molecule has 0 spiro atoms. The molecule has 3 rings (SSSR count). The molecule has 1 saturated heterocycles. The van der Waals surface area contributed by atoms with Crippen LogP contribution in [-0.4, -0.2) is 40.0 Å². The van der Waals surface area contributed by atoms with E-state index in [2.05, 4.69) is 0 Å². The van der Waals surface area contributed by atoms with Crippen molar-refractivity contribution < 1.29 is 17.9 Å². The summed E-state index contributed by atoms with van der Waals surface area (Å²) >= 11 is 0. The lowest BCUT2D eigenvalue weighted by Crippen LogP contribution is -2.30. The summed E-state index contributed by atoms with van der Waals surface area (Å²) in [5, 5.41) is 0. The third-order valence-electron chi connectivity index (χ3n) is 4.68. The molecule has 2 aliphatic rings. The van der Waals surface area contributed by atoms with E-state index in [1.165, 1.54) is 20.6 Å². The quantitative estimate of drug-likeness (QED) is 0.855. The van der Waals surface area contributed by atoms with Crippen molar-refractivity contribution in [2.24, 2.45) is 11.8 Å². The monoisotopic (exact) mass is 311 g/mol. The van der Waals surface area contributed by atoms with Crippen LogP contribution in [0.25, 0.3) is 0 Å². The van der Waals surface area contributed by atoms with Crippen LogP contribution in [0.15, 0.2) is 23.1 Å². The molecule has 0 aromatic heterocycles. The Bertz CT molecular complexity index is 617. The number of rotatable bonds is 4. The Labute approximate surface area is 125 Å². The van der Waals surface area contributed by atoms with Gasteiger partial charge in [0.25, 0.3) is 0 Å². The van der Waals surface area contributed by atoms with E-state index in [9.17, 15) is 8.42 Å². The van der Waals surface area contributed by atoms with Crippen LogP contribution in [0.4, 0.5) is 0 Å². The molecule has 2 atom stereocenters. The van der Waals surface area contributed by atoms with Crippen molar-refractivity contribution in [1.82, 2.24) is 4.31 Å². The zero-order valence-electron chi connectivity index (χ0n) is 12.4. The predicted molar refractivity (Wildman–Crippen MR) is 79.1 cm³/mol. The van der Waals surface area contributed by atoms with Crippen molar-refractivity contribution in [3.63, 3.8) is 0 Å². The van der Waals surface area contributed by atoms with Gasteiger partial charge in [0, 0.05) is 19.2 Å². The first-order chi connectivity index (χ1) is 10.1. The van der Waals surface area contributed by atoms with E-state index >= 15 is 0 Å². The second kappa shape index (κ2) is 5.50. The van der Waals surface area contributed by atoms with Gasteiger partial charge in [-0.05, 0) is 36.8 Å². The lowest BCUT2D eigenvalue weighted by Gasteiger charge is -2.19. The molecule has 1 aromatic carbocycles. The van der Waals surface area contributed by atoms with Gasteiger partial charge >= 0.3 is 0 Å². The average Bonchev–Trinajstić information content (AvgIpc) is 3.08. The Kier molecular flexibility index (Phi) is 3.84. The van der Waals surface area contributed by atoms with E-state index in [-0.39, 0.29) is 4.90 Å². The standard InChI is InChI=1S/C15H21NO4S/c1-19-13-6-7-14(20-2)15(8-13)21(17,18)16-9-11-4-3-5-12(11)10-16/h6-8,11-12H,3-5,9-10H2,1-2H3. The summed E-state index contributed by atoms with van der Waals surface area (Å²) in [6, 6.07) is 4.89. The number of sulfonamides is 1. The van der Waals surface area contributed by atoms with Crippen LogP contribution in [0.5, 0.6) is 11.5 Å². The van der Waals surface area contributed by atoms with E-state index in [0.717, 1.165) is 12.8 Å². The molecule has 21 heavy (non-hydrogen) atoms. The van der Waals surface area contributed by atoms with Crippen molar-refractivity contribution in [2.45, 2.75) is 24.2 Å². The van der Waals surface area contributed by atoms with Gasteiger partial charge in [0.1, 0.15) is 16.4 Å². The molecule has 6 heteroatoms. The largest absolute Gasteiger partial charge is 0.497 e. The lowest BCUT2D eigenvalue weighted by atomic mass is 10.0. The number of ether oxygens (including phenoxy) is 2. The van der Waals surface area contributed by atoms with Crippen LogP contribution < -0.4 is 9.47 Å². The van der Waals surface area contributed by atoms with Gasteiger partial charge in [-0.2, -0.15) is 4.31 Å². The molecule has 1 saturated carbocycles. The molecule has 5 nitrogen and oxygen atoms in total. The first kappa shape index (κ1) is 14.7. The molecule has 1 aromatic rings. The fourth-order valence-electron chi connectivity index (χ4n) is 3.51. The van der Waals surface area contributed by atoms with Gasteiger partial charge in [-0.15, -0.1) is 0 Å². The van der Waals surface area contributed by atoms with Crippen molar-refractivity contribution >= 4 is 10.0 Å². The normalized spacial score (nSPS) is 25.8. The van der Waals surface area contributed by atoms with Crippen LogP contribution >= 0.6 is 0 Å². The third-order valence-corrected chi connectivity index (χ3v) is 6.53. The molecular weight excluding hydrogens is 290 g/mol. The Morgan fingerprint density at radius 1 is 1.10 bits per heavy atom. The number of nitrogens with zero attached hydrogens (tertiary/aromatic N) is 1. The minimum atomic E-state index is -3.53. The van der Waals surface area contributed by atoms with Crippen LogP contribution in [0, 0.1) is 11.8 Å². The second-order valence-electron chi connectivity index (χ2n) is 5.79. The maximum absolute atomic E-state index is 12.9. The summed E-state index contributed by atoms with van der Waals surface area (Å²) in [5.74, 6) is 1.94. The molecule has 0 amide bonds. The Hall–Kier alpha value is -1.27. The summed E-state index contributed by atoms with van der Waals surface area (Å²) < 4.78 is 37.8. The molecule has 2 unspecified atom stereocenters. The van der Waals surface area contributed by atoms with E-state index in [1.54, 1.807) is 22.5 Å². The number of benzene rings is 1. The van der Waals surface area contributed by atoms with Gasteiger partial charge in [-0.25, -0.2) is 8.42 Å². The van der Waals surface area contributed by atoms with E-state index in [4.69, 9.17) is 9.47 Å². The Balaban J connectivity index is 1.94. The minimum Gasteiger partial charge on any atom is -0.497 e. The number of methoxy groups -OCH3 is 2. The van der Waals surface area contributed by atoms with Gasteiger partial charge in [-0.3, -0.25) is 0 Å². The number of hydrogen-bond acceptors (Lipinski definition) is 4. The topological polar surface area (TPSA) is 55.8 Å².